The number of nitro benzene ring substituents is 2. The highest BCUT2D eigenvalue weighted by Gasteiger charge is 2.34. The minimum atomic E-state index is -2.91. The van der Waals surface area contributed by atoms with Gasteiger partial charge in [-0.2, -0.15) is 5.10 Å². The fourth-order valence-electron chi connectivity index (χ4n) is 2.95. The van der Waals surface area contributed by atoms with Gasteiger partial charge in [-0.15, -0.1) is 0 Å². The normalized spacial score (nSPS) is 13.6. The molecule has 0 spiro atoms. The maximum Gasteiger partial charge on any atom is 0.283 e. The first-order valence-electron chi connectivity index (χ1n) is 8.37. The fraction of sp³-hybridized carbons (Fsp3) is 0.375. The van der Waals surface area contributed by atoms with Crippen LogP contribution in [0.1, 0.15) is 42.1 Å². The first-order chi connectivity index (χ1) is 13.6. The van der Waals surface area contributed by atoms with Gasteiger partial charge in [0.05, 0.1) is 26.3 Å². The van der Waals surface area contributed by atoms with E-state index in [1.807, 2.05) is 0 Å². The van der Waals surface area contributed by atoms with Gasteiger partial charge in [0.25, 0.3) is 17.8 Å². The standard InChI is InChI=1S/C16H14ClF2N5O5/c1-7-10(23(26)27)4-9(5-11(7)24(28)29)20-12(25)6-22-15(8-2-3-8)13(17)14(21-22)16(18)19/h4-5,8,16H,2-3,6H2,1H3,(H,20,25). The molecule has 10 nitrogen and oxygen atoms in total. The number of amides is 1. The predicted molar refractivity (Wildman–Crippen MR) is 97.3 cm³/mol. The molecule has 0 atom stereocenters. The monoisotopic (exact) mass is 429 g/mol. The van der Waals surface area contributed by atoms with Gasteiger partial charge in [0, 0.05) is 18.1 Å². The second kappa shape index (κ2) is 7.70. The molecule has 0 radical (unpaired) electrons. The molecule has 1 aliphatic rings. The molecule has 1 amide bonds. The second-order valence-electron chi connectivity index (χ2n) is 6.52. The van der Waals surface area contributed by atoms with Crippen LogP contribution in [0.15, 0.2) is 12.1 Å². The molecule has 1 saturated carbocycles. The molecule has 13 heteroatoms. The largest absolute Gasteiger partial charge is 0.324 e. The Balaban J connectivity index is 1.88. The first-order valence-corrected chi connectivity index (χ1v) is 8.75. The van der Waals surface area contributed by atoms with Gasteiger partial charge in [-0.25, -0.2) is 8.78 Å². The zero-order valence-electron chi connectivity index (χ0n) is 14.9. The topological polar surface area (TPSA) is 133 Å². The highest BCUT2D eigenvalue weighted by molar-refractivity contribution is 6.32. The van der Waals surface area contributed by atoms with Gasteiger partial charge in [-0.05, 0) is 19.8 Å². The Labute approximate surface area is 166 Å². The number of alkyl halides is 2. The van der Waals surface area contributed by atoms with Crippen LogP contribution in [-0.4, -0.2) is 25.5 Å². The summed E-state index contributed by atoms with van der Waals surface area (Å²) in [6, 6.07) is 1.98. The summed E-state index contributed by atoms with van der Waals surface area (Å²) in [7, 11) is 0. The number of hydrogen-bond donors (Lipinski definition) is 1. The summed E-state index contributed by atoms with van der Waals surface area (Å²) in [5.41, 5.74) is -1.68. The lowest BCUT2D eigenvalue weighted by Crippen LogP contribution is -2.21. The fourth-order valence-corrected chi connectivity index (χ4v) is 3.32. The van der Waals surface area contributed by atoms with Gasteiger partial charge in [-0.3, -0.25) is 29.7 Å². The number of anilines is 1. The molecular formula is C16H14ClF2N5O5. The Bertz CT molecular complexity index is 986. The van der Waals surface area contributed by atoms with Crippen LogP contribution >= 0.6 is 11.6 Å². The van der Waals surface area contributed by atoms with Crippen molar-refractivity contribution in [3.63, 3.8) is 0 Å². The lowest BCUT2D eigenvalue weighted by atomic mass is 10.1. The summed E-state index contributed by atoms with van der Waals surface area (Å²) >= 11 is 5.99. The number of nitrogens with zero attached hydrogens (tertiary/aromatic N) is 4. The van der Waals surface area contributed by atoms with E-state index >= 15 is 0 Å². The molecule has 1 fully saturated rings. The third-order valence-electron chi connectivity index (χ3n) is 4.45. The van der Waals surface area contributed by atoms with Crippen molar-refractivity contribution >= 4 is 34.6 Å². The van der Waals surface area contributed by atoms with Gasteiger partial charge in [0.1, 0.15) is 17.8 Å². The van der Waals surface area contributed by atoms with Crippen LogP contribution in [0.4, 0.5) is 25.8 Å². The third-order valence-corrected chi connectivity index (χ3v) is 4.84. The zero-order valence-corrected chi connectivity index (χ0v) is 15.7. The van der Waals surface area contributed by atoms with Crippen molar-refractivity contribution < 1.29 is 23.4 Å². The molecular weight excluding hydrogens is 416 g/mol. The Morgan fingerprint density at radius 2 is 1.86 bits per heavy atom. The minimum absolute atomic E-state index is 0.0724. The van der Waals surface area contributed by atoms with Crippen molar-refractivity contribution in [2.75, 3.05) is 5.32 Å². The number of aromatic nitrogens is 2. The van der Waals surface area contributed by atoms with Crippen molar-refractivity contribution in [1.82, 2.24) is 9.78 Å². The highest BCUT2D eigenvalue weighted by Crippen LogP contribution is 2.45. The van der Waals surface area contributed by atoms with Crippen LogP contribution in [0.3, 0.4) is 0 Å². The van der Waals surface area contributed by atoms with Crippen LogP contribution in [0.5, 0.6) is 0 Å². The van der Waals surface area contributed by atoms with Crippen molar-refractivity contribution in [1.29, 1.82) is 0 Å². The maximum absolute atomic E-state index is 13.1. The SMILES string of the molecule is Cc1c([N+](=O)[O-])cc(NC(=O)Cn2nc(C(F)F)c(Cl)c2C2CC2)cc1[N+](=O)[O-]. The number of carbonyl (C=O) groups excluding carboxylic acids is 1. The number of nitrogens with one attached hydrogen (secondary N) is 1. The molecule has 1 aromatic carbocycles. The summed E-state index contributed by atoms with van der Waals surface area (Å²) in [6.45, 7) is 0.745. The quantitative estimate of drug-likeness (QED) is 0.520. The van der Waals surface area contributed by atoms with E-state index in [1.54, 1.807) is 0 Å². The Kier molecular flexibility index (Phi) is 5.46. The summed E-state index contributed by atoms with van der Waals surface area (Å²) in [5, 5.41) is 28.1. The molecule has 1 heterocycles. The predicted octanol–water partition coefficient (Wildman–Crippen LogP) is 4.12. The van der Waals surface area contributed by atoms with Crippen LogP contribution in [0.2, 0.25) is 5.02 Å². The van der Waals surface area contributed by atoms with E-state index in [1.165, 1.54) is 6.92 Å². The minimum Gasteiger partial charge on any atom is -0.324 e. The second-order valence-corrected chi connectivity index (χ2v) is 6.90. The lowest BCUT2D eigenvalue weighted by molar-refractivity contribution is -0.395. The number of nitro groups is 2. The molecule has 0 unspecified atom stereocenters. The summed E-state index contributed by atoms with van der Waals surface area (Å²) in [5.74, 6) is -0.823. The molecule has 1 aromatic heterocycles. The molecule has 2 aromatic rings. The van der Waals surface area contributed by atoms with Gasteiger partial charge in [-0.1, -0.05) is 11.6 Å². The Morgan fingerprint density at radius 1 is 1.31 bits per heavy atom. The molecule has 0 aliphatic heterocycles. The van der Waals surface area contributed by atoms with Crippen LogP contribution < -0.4 is 5.32 Å². The molecule has 29 heavy (non-hydrogen) atoms. The lowest BCUT2D eigenvalue weighted by Gasteiger charge is -2.09. The maximum atomic E-state index is 13.1. The van der Waals surface area contributed by atoms with Crippen LogP contribution in [0, 0.1) is 27.2 Å². The molecule has 1 N–H and O–H groups in total. The number of benzene rings is 1. The van der Waals surface area contributed by atoms with Crippen molar-refractivity contribution in [2.24, 2.45) is 0 Å². The van der Waals surface area contributed by atoms with Crippen molar-refractivity contribution in [3.05, 3.63) is 54.3 Å². The molecule has 0 saturated heterocycles. The Morgan fingerprint density at radius 3 is 2.31 bits per heavy atom. The van der Waals surface area contributed by atoms with Gasteiger partial charge >= 0.3 is 0 Å². The molecule has 1 aliphatic carbocycles. The van der Waals surface area contributed by atoms with E-state index in [-0.39, 0.29) is 22.2 Å². The number of rotatable bonds is 7. The van der Waals surface area contributed by atoms with E-state index in [0.717, 1.165) is 29.7 Å². The van der Waals surface area contributed by atoms with Crippen LogP contribution in [0.25, 0.3) is 0 Å². The van der Waals surface area contributed by atoms with Crippen molar-refractivity contribution in [2.45, 2.75) is 38.7 Å². The number of carbonyl (C=O) groups is 1. The smallest absolute Gasteiger partial charge is 0.283 e. The van der Waals surface area contributed by atoms with Gasteiger partial charge in [0.2, 0.25) is 5.91 Å². The van der Waals surface area contributed by atoms with E-state index in [0.29, 0.717) is 5.69 Å². The van der Waals surface area contributed by atoms with E-state index < -0.39 is 45.8 Å². The van der Waals surface area contributed by atoms with E-state index in [9.17, 15) is 33.8 Å². The van der Waals surface area contributed by atoms with Gasteiger partial charge < -0.3 is 5.32 Å². The van der Waals surface area contributed by atoms with Gasteiger partial charge in [0.15, 0.2) is 0 Å². The van der Waals surface area contributed by atoms with Crippen molar-refractivity contribution in [3.8, 4) is 0 Å². The first kappa shape index (κ1) is 20.6. The summed E-state index contributed by atoms with van der Waals surface area (Å²) in [6.07, 6.45) is -1.45. The van der Waals surface area contributed by atoms with Crippen LogP contribution in [-0.2, 0) is 11.3 Å². The summed E-state index contributed by atoms with van der Waals surface area (Å²) < 4.78 is 27.2. The van der Waals surface area contributed by atoms with E-state index in [2.05, 4.69) is 10.4 Å². The highest BCUT2D eigenvalue weighted by atomic mass is 35.5. The van der Waals surface area contributed by atoms with E-state index in [4.69, 9.17) is 11.6 Å². The third kappa shape index (κ3) is 4.16. The zero-order chi connectivity index (χ0) is 21.5. The number of hydrogen-bond acceptors (Lipinski definition) is 6. The number of halogens is 3. The summed E-state index contributed by atoms with van der Waals surface area (Å²) in [4.78, 5) is 33.0. The Hall–Kier alpha value is -3.15. The molecule has 154 valence electrons. The average Bonchev–Trinajstić information content (AvgIpc) is 3.39. The average molecular weight is 430 g/mol. The molecule has 0 bridgehead atoms. The molecule has 3 rings (SSSR count).